The Bertz CT molecular complexity index is 614. The lowest BCUT2D eigenvalue weighted by Crippen LogP contribution is -2.45. The predicted octanol–water partition coefficient (Wildman–Crippen LogP) is 2.79. The molecule has 1 atom stereocenters. The highest BCUT2D eigenvalue weighted by Crippen LogP contribution is 2.33. The van der Waals surface area contributed by atoms with E-state index in [9.17, 15) is 9.59 Å². The maximum absolute atomic E-state index is 11.9. The number of nitrogens with one attached hydrogen (secondary N) is 2. The highest BCUT2D eigenvalue weighted by atomic mass is 35.5. The van der Waals surface area contributed by atoms with E-state index in [-0.39, 0.29) is 0 Å². The molecule has 0 radical (unpaired) electrons. The average molecular weight is 315 g/mol. The topological polar surface area (TPSA) is 67.4 Å². The second kappa shape index (κ2) is 5.73. The summed E-state index contributed by atoms with van der Waals surface area (Å²) in [6.07, 6.45) is 0. The number of hydrogen-bond acceptors (Lipinski definition) is 3. The van der Waals surface area contributed by atoms with Crippen molar-refractivity contribution >= 4 is 35.2 Å². The maximum atomic E-state index is 11.9. The molecule has 2 rings (SSSR count). The van der Waals surface area contributed by atoms with Crippen LogP contribution in [0.15, 0.2) is 29.5 Å². The molecular formula is C13H12Cl2N2O3. The lowest BCUT2D eigenvalue weighted by molar-refractivity contribution is -0.136. The predicted molar refractivity (Wildman–Crippen MR) is 75.6 cm³/mol. The quantitative estimate of drug-likeness (QED) is 0.825. The molecule has 1 aliphatic rings. The van der Waals surface area contributed by atoms with Crippen LogP contribution < -0.4 is 10.6 Å². The van der Waals surface area contributed by atoms with Crippen molar-refractivity contribution in [2.75, 3.05) is 7.11 Å². The smallest absolute Gasteiger partial charge is 0.337 e. The van der Waals surface area contributed by atoms with Crippen LogP contribution in [-0.2, 0) is 9.53 Å². The van der Waals surface area contributed by atoms with Gasteiger partial charge in [-0.05, 0) is 24.6 Å². The Morgan fingerprint density at radius 2 is 2.05 bits per heavy atom. The largest absolute Gasteiger partial charge is 0.466 e. The minimum absolute atomic E-state index is 0.302. The zero-order chi connectivity index (χ0) is 14.9. The summed E-state index contributed by atoms with van der Waals surface area (Å²) in [6, 6.07) is 3.77. The third kappa shape index (κ3) is 2.73. The van der Waals surface area contributed by atoms with Gasteiger partial charge in [-0.3, -0.25) is 0 Å². The molecule has 0 fully saturated rings. The maximum Gasteiger partial charge on any atom is 0.337 e. The van der Waals surface area contributed by atoms with Crippen LogP contribution in [0.5, 0.6) is 0 Å². The molecule has 0 saturated heterocycles. The Balaban J connectivity index is 2.54. The number of rotatable bonds is 2. The van der Waals surface area contributed by atoms with Gasteiger partial charge in [0.25, 0.3) is 0 Å². The number of allylic oxidation sites excluding steroid dienone is 1. The molecule has 1 aliphatic heterocycles. The second-order valence-electron chi connectivity index (χ2n) is 4.23. The van der Waals surface area contributed by atoms with E-state index in [0.717, 1.165) is 0 Å². The lowest BCUT2D eigenvalue weighted by Gasteiger charge is -2.28. The highest BCUT2D eigenvalue weighted by Gasteiger charge is 2.32. The normalized spacial score (nSPS) is 18.4. The Labute approximate surface area is 125 Å². The van der Waals surface area contributed by atoms with E-state index in [1.54, 1.807) is 25.1 Å². The standard InChI is InChI=1S/C13H12Cl2N2O3/c1-6-10(12(18)20-2)11(17-13(19)16-6)8-4-3-7(14)5-9(8)15/h3-5,11H,1-2H3,(H2,16,17,19). The average Bonchev–Trinajstić information content (AvgIpc) is 2.37. The first-order chi connectivity index (χ1) is 9.43. The Morgan fingerprint density at radius 3 is 2.65 bits per heavy atom. The Hall–Kier alpha value is -1.72. The molecule has 0 aromatic heterocycles. The number of methoxy groups -OCH3 is 1. The fourth-order valence-corrected chi connectivity index (χ4v) is 2.56. The zero-order valence-electron chi connectivity index (χ0n) is 10.8. The monoisotopic (exact) mass is 314 g/mol. The van der Waals surface area contributed by atoms with Crippen molar-refractivity contribution in [2.45, 2.75) is 13.0 Å². The summed E-state index contributed by atoms with van der Waals surface area (Å²) in [6.45, 7) is 1.63. The van der Waals surface area contributed by atoms with Crippen LogP contribution >= 0.6 is 23.2 Å². The number of ether oxygens (including phenoxy) is 1. The van der Waals surface area contributed by atoms with E-state index in [2.05, 4.69) is 10.6 Å². The number of urea groups is 1. The van der Waals surface area contributed by atoms with E-state index in [1.165, 1.54) is 7.11 Å². The van der Waals surface area contributed by atoms with Gasteiger partial charge in [0.05, 0.1) is 18.7 Å². The van der Waals surface area contributed by atoms with E-state index >= 15 is 0 Å². The molecule has 106 valence electrons. The van der Waals surface area contributed by atoms with Gasteiger partial charge in [-0.25, -0.2) is 9.59 Å². The van der Waals surface area contributed by atoms with Gasteiger partial charge in [0.15, 0.2) is 0 Å². The molecule has 1 aromatic rings. The van der Waals surface area contributed by atoms with Gasteiger partial charge >= 0.3 is 12.0 Å². The number of hydrogen-bond donors (Lipinski definition) is 2. The van der Waals surface area contributed by atoms with Crippen LogP contribution in [0.25, 0.3) is 0 Å². The minimum Gasteiger partial charge on any atom is -0.466 e. The first-order valence-electron chi connectivity index (χ1n) is 5.75. The summed E-state index contributed by atoms with van der Waals surface area (Å²) in [7, 11) is 1.28. The van der Waals surface area contributed by atoms with Crippen molar-refractivity contribution in [3.8, 4) is 0 Å². The molecule has 0 spiro atoms. The molecule has 0 bridgehead atoms. The second-order valence-corrected chi connectivity index (χ2v) is 5.07. The molecule has 1 heterocycles. The first-order valence-corrected chi connectivity index (χ1v) is 6.51. The first kappa shape index (κ1) is 14.7. The molecule has 0 aliphatic carbocycles. The third-order valence-electron chi connectivity index (χ3n) is 2.95. The lowest BCUT2D eigenvalue weighted by atomic mass is 9.95. The van der Waals surface area contributed by atoms with Gasteiger partial charge in [0.2, 0.25) is 0 Å². The summed E-state index contributed by atoms with van der Waals surface area (Å²) in [5.74, 6) is -0.536. The van der Waals surface area contributed by atoms with Gasteiger partial charge in [0.1, 0.15) is 0 Å². The SMILES string of the molecule is COC(=O)C1=C(C)NC(=O)NC1c1ccc(Cl)cc1Cl. The molecule has 5 nitrogen and oxygen atoms in total. The number of benzene rings is 1. The summed E-state index contributed by atoms with van der Waals surface area (Å²) in [5.41, 5.74) is 1.30. The fraction of sp³-hybridized carbons (Fsp3) is 0.231. The third-order valence-corrected chi connectivity index (χ3v) is 3.51. The minimum atomic E-state index is -0.680. The highest BCUT2D eigenvalue weighted by molar-refractivity contribution is 6.35. The molecule has 2 amide bonds. The van der Waals surface area contributed by atoms with Crippen LogP contribution in [0.1, 0.15) is 18.5 Å². The van der Waals surface area contributed by atoms with Crippen molar-refractivity contribution in [1.29, 1.82) is 0 Å². The number of esters is 1. The van der Waals surface area contributed by atoms with Crippen molar-refractivity contribution in [1.82, 2.24) is 10.6 Å². The Morgan fingerprint density at radius 1 is 1.35 bits per heavy atom. The van der Waals surface area contributed by atoms with Gasteiger partial charge in [0, 0.05) is 15.7 Å². The van der Waals surface area contributed by atoms with E-state index in [1.807, 2.05) is 0 Å². The molecule has 1 unspecified atom stereocenters. The van der Waals surface area contributed by atoms with Crippen molar-refractivity contribution in [2.24, 2.45) is 0 Å². The molecule has 20 heavy (non-hydrogen) atoms. The van der Waals surface area contributed by atoms with E-state index < -0.39 is 18.0 Å². The van der Waals surface area contributed by atoms with Crippen LogP contribution in [0.4, 0.5) is 4.79 Å². The van der Waals surface area contributed by atoms with Crippen molar-refractivity contribution in [3.63, 3.8) is 0 Å². The summed E-state index contributed by atoms with van der Waals surface area (Å²) in [4.78, 5) is 23.5. The zero-order valence-corrected chi connectivity index (χ0v) is 12.3. The van der Waals surface area contributed by atoms with Crippen LogP contribution in [-0.4, -0.2) is 19.1 Å². The number of carbonyl (C=O) groups excluding carboxylic acids is 2. The van der Waals surface area contributed by atoms with Gasteiger partial charge in [-0.2, -0.15) is 0 Å². The molecule has 0 saturated carbocycles. The summed E-state index contributed by atoms with van der Waals surface area (Å²) in [5, 5.41) is 6.02. The van der Waals surface area contributed by atoms with Crippen LogP contribution in [0.3, 0.4) is 0 Å². The number of amides is 2. The molecule has 2 N–H and O–H groups in total. The molecule has 7 heteroatoms. The van der Waals surface area contributed by atoms with Gasteiger partial charge in [-0.1, -0.05) is 29.3 Å². The number of halogens is 2. The summed E-state index contributed by atoms with van der Waals surface area (Å²) >= 11 is 12.0. The van der Waals surface area contributed by atoms with E-state index in [0.29, 0.717) is 26.9 Å². The van der Waals surface area contributed by atoms with Gasteiger partial charge < -0.3 is 15.4 Å². The fourth-order valence-electron chi connectivity index (χ4n) is 2.04. The Kier molecular flexibility index (Phi) is 4.20. The molecule has 1 aromatic carbocycles. The van der Waals surface area contributed by atoms with Crippen molar-refractivity contribution < 1.29 is 14.3 Å². The summed E-state index contributed by atoms with van der Waals surface area (Å²) < 4.78 is 4.75. The van der Waals surface area contributed by atoms with Gasteiger partial charge in [-0.15, -0.1) is 0 Å². The van der Waals surface area contributed by atoms with E-state index in [4.69, 9.17) is 27.9 Å². The van der Waals surface area contributed by atoms with Crippen LogP contribution in [0.2, 0.25) is 10.0 Å². The number of carbonyl (C=O) groups is 2. The van der Waals surface area contributed by atoms with Crippen LogP contribution in [0, 0.1) is 0 Å². The van der Waals surface area contributed by atoms with Crippen molar-refractivity contribution in [3.05, 3.63) is 45.1 Å². The molecular weight excluding hydrogens is 303 g/mol.